The first kappa shape index (κ1) is 8.17. The van der Waals surface area contributed by atoms with Crippen LogP contribution in [0.25, 0.3) is 0 Å². The average Bonchev–Trinajstić information content (AvgIpc) is 2.30. The van der Waals surface area contributed by atoms with Gasteiger partial charge < -0.3 is 0 Å². The molecule has 3 nitrogen and oxygen atoms in total. The van der Waals surface area contributed by atoms with E-state index in [0.29, 0.717) is 16.9 Å². The molecule has 3 heteroatoms. The summed E-state index contributed by atoms with van der Waals surface area (Å²) in [6.45, 7) is 0. The summed E-state index contributed by atoms with van der Waals surface area (Å²) in [5.41, 5.74) is 2.45. The molecule has 0 fully saturated rings. The average molecular weight is 195 g/mol. The summed E-state index contributed by atoms with van der Waals surface area (Å²) in [6, 6.07) is 10.9. The molecule has 0 aliphatic carbocycles. The second-order valence-corrected chi connectivity index (χ2v) is 3.33. The SMILES string of the molecule is O=C1c2ccccc2[N]c2cccnc21. The summed E-state index contributed by atoms with van der Waals surface area (Å²) < 4.78 is 0. The van der Waals surface area contributed by atoms with Crippen molar-refractivity contribution < 1.29 is 4.79 Å². The van der Waals surface area contributed by atoms with E-state index in [4.69, 9.17) is 0 Å². The van der Waals surface area contributed by atoms with Gasteiger partial charge in [0.25, 0.3) is 0 Å². The normalized spacial score (nSPS) is 12.7. The van der Waals surface area contributed by atoms with Crippen LogP contribution in [-0.2, 0) is 0 Å². The fourth-order valence-corrected chi connectivity index (χ4v) is 1.68. The minimum Gasteiger partial charge on any atom is -0.287 e. The van der Waals surface area contributed by atoms with Gasteiger partial charge in [-0.1, -0.05) is 12.1 Å². The summed E-state index contributed by atoms with van der Waals surface area (Å²) in [5, 5.41) is 4.38. The minimum absolute atomic E-state index is 0.0452. The Bertz CT molecular complexity index is 501. The minimum atomic E-state index is -0.0452. The van der Waals surface area contributed by atoms with Gasteiger partial charge in [-0.05, 0) is 24.3 Å². The summed E-state index contributed by atoms with van der Waals surface area (Å²) in [4.78, 5) is 16.0. The number of para-hydroxylation sites is 1. The van der Waals surface area contributed by atoms with E-state index in [1.165, 1.54) is 0 Å². The molecule has 71 valence electrons. The molecule has 15 heavy (non-hydrogen) atoms. The topological polar surface area (TPSA) is 44.1 Å². The Morgan fingerprint density at radius 3 is 2.67 bits per heavy atom. The number of fused-ring (bicyclic) bond motifs is 2. The highest BCUT2D eigenvalue weighted by Gasteiger charge is 2.24. The quantitative estimate of drug-likeness (QED) is 0.552. The van der Waals surface area contributed by atoms with Crippen LogP contribution in [0.5, 0.6) is 0 Å². The summed E-state index contributed by atoms with van der Waals surface area (Å²) in [6.07, 6.45) is 1.61. The number of hydrogen-bond acceptors (Lipinski definition) is 2. The van der Waals surface area contributed by atoms with Gasteiger partial charge in [-0.25, -0.2) is 5.32 Å². The molecule has 2 aromatic rings. The van der Waals surface area contributed by atoms with Gasteiger partial charge in [0.1, 0.15) is 5.69 Å². The first-order chi connectivity index (χ1) is 7.36. The zero-order valence-electron chi connectivity index (χ0n) is 7.84. The second-order valence-electron chi connectivity index (χ2n) is 3.33. The first-order valence-electron chi connectivity index (χ1n) is 4.67. The Morgan fingerprint density at radius 1 is 0.933 bits per heavy atom. The van der Waals surface area contributed by atoms with Crippen LogP contribution in [0.3, 0.4) is 0 Å². The Balaban J connectivity index is 2.24. The molecule has 0 spiro atoms. The Hall–Kier alpha value is -2.16. The van der Waals surface area contributed by atoms with Crippen LogP contribution in [0.4, 0.5) is 11.4 Å². The highest BCUT2D eigenvalue weighted by molar-refractivity contribution is 6.15. The number of aromatic nitrogens is 1. The van der Waals surface area contributed by atoms with Crippen LogP contribution in [0.15, 0.2) is 42.6 Å². The number of carbonyl (C=O) groups is 1. The monoisotopic (exact) mass is 195 g/mol. The van der Waals surface area contributed by atoms with Crippen molar-refractivity contribution in [2.45, 2.75) is 0 Å². The van der Waals surface area contributed by atoms with E-state index in [0.717, 1.165) is 5.69 Å². The van der Waals surface area contributed by atoms with Gasteiger partial charge in [-0.15, -0.1) is 0 Å². The molecule has 0 N–H and O–H groups in total. The standard InChI is InChI=1S/C12H7N2O/c15-12-8-4-1-2-5-9(8)14-10-6-3-7-13-11(10)12/h1-7H. The fourth-order valence-electron chi connectivity index (χ4n) is 1.68. The maximum Gasteiger partial charge on any atom is 0.215 e. The van der Waals surface area contributed by atoms with Crippen molar-refractivity contribution in [3.05, 3.63) is 53.9 Å². The van der Waals surface area contributed by atoms with Crippen LogP contribution in [0.2, 0.25) is 0 Å². The highest BCUT2D eigenvalue weighted by atomic mass is 16.1. The molecule has 1 radical (unpaired) electrons. The molecule has 2 heterocycles. The van der Waals surface area contributed by atoms with Crippen LogP contribution in [0.1, 0.15) is 16.1 Å². The summed E-state index contributed by atoms with van der Waals surface area (Å²) >= 11 is 0. The van der Waals surface area contributed by atoms with Gasteiger partial charge in [0.05, 0.1) is 11.4 Å². The maximum absolute atomic E-state index is 12.0. The van der Waals surface area contributed by atoms with Crippen molar-refractivity contribution >= 4 is 17.2 Å². The fraction of sp³-hybridized carbons (Fsp3) is 0. The van der Waals surface area contributed by atoms with Gasteiger partial charge in [-0.3, -0.25) is 9.78 Å². The molecule has 0 bridgehead atoms. The van der Waals surface area contributed by atoms with E-state index in [-0.39, 0.29) is 5.78 Å². The molecule has 0 saturated carbocycles. The van der Waals surface area contributed by atoms with Crippen molar-refractivity contribution in [2.24, 2.45) is 0 Å². The van der Waals surface area contributed by atoms with Gasteiger partial charge >= 0.3 is 0 Å². The molecule has 0 saturated heterocycles. The second kappa shape index (κ2) is 2.92. The summed E-state index contributed by atoms with van der Waals surface area (Å²) in [5.74, 6) is -0.0452. The van der Waals surface area contributed by atoms with Crippen LogP contribution < -0.4 is 5.32 Å². The summed E-state index contributed by atoms with van der Waals surface area (Å²) in [7, 11) is 0. The molecule has 1 aromatic carbocycles. The number of nitrogens with zero attached hydrogens (tertiary/aromatic N) is 2. The van der Waals surface area contributed by atoms with Crippen molar-refractivity contribution in [3.8, 4) is 0 Å². The number of ketones is 1. The number of rotatable bonds is 0. The van der Waals surface area contributed by atoms with Crippen LogP contribution in [0, 0.1) is 0 Å². The molecule has 1 aromatic heterocycles. The third kappa shape index (κ3) is 1.13. The Kier molecular flexibility index (Phi) is 1.59. The van der Waals surface area contributed by atoms with Crippen molar-refractivity contribution in [1.82, 2.24) is 10.3 Å². The Morgan fingerprint density at radius 2 is 1.73 bits per heavy atom. The highest BCUT2D eigenvalue weighted by Crippen LogP contribution is 2.30. The van der Waals surface area contributed by atoms with Crippen molar-refractivity contribution in [1.29, 1.82) is 0 Å². The van der Waals surface area contributed by atoms with Crippen LogP contribution >= 0.6 is 0 Å². The van der Waals surface area contributed by atoms with Crippen molar-refractivity contribution in [2.75, 3.05) is 0 Å². The molecular formula is C12H7N2O. The molecule has 0 unspecified atom stereocenters. The lowest BCUT2D eigenvalue weighted by molar-refractivity contribution is 0.103. The molecule has 0 atom stereocenters. The predicted octanol–water partition coefficient (Wildman–Crippen LogP) is 2.19. The number of pyridine rings is 1. The van der Waals surface area contributed by atoms with Gasteiger partial charge in [-0.2, -0.15) is 0 Å². The molecule has 1 aliphatic heterocycles. The van der Waals surface area contributed by atoms with Crippen molar-refractivity contribution in [3.63, 3.8) is 0 Å². The smallest absolute Gasteiger partial charge is 0.215 e. The largest absolute Gasteiger partial charge is 0.287 e. The molecule has 1 aliphatic rings. The zero-order chi connectivity index (χ0) is 10.3. The Labute approximate surface area is 86.8 Å². The number of carbonyl (C=O) groups excluding carboxylic acids is 1. The van der Waals surface area contributed by atoms with E-state index in [2.05, 4.69) is 10.3 Å². The molecule has 0 amide bonds. The lowest BCUT2D eigenvalue weighted by Crippen LogP contribution is -2.14. The molecule has 3 rings (SSSR count). The lowest BCUT2D eigenvalue weighted by Gasteiger charge is -2.16. The van der Waals surface area contributed by atoms with Crippen LogP contribution in [-0.4, -0.2) is 10.8 Å². The van der Waals surface area contributed by atoms with E-state index >= 15 is 0 Å². The molecular weight excluding hydrogens is 188 g/mol. The zero-order valence-corrected chi connectivity index (χ0v) is 7.84. The third-order valence-corrected chi connectivity index (χ3v) is 2.39. The van der Waals surface area contributed by atoms with E-state index in [1.807, 2.05) is 18.2 Å². The first-order valence-corrected chi connectivity index (χ1v) is 4.67. The predicted molar refractivity (Wildman–Crippen MR) is 55.6 cm³/mol. The lowest BCUT2D eigenvalue weighted by atomic mass is 10.0. The van der Waals surface area contributed by atoms with Gasteiger partial charge in [0, 0.05) is 11.8 Å². The number of hydrogen-bond donors (Lipinski definition) is 0. The maximum atomic E-state index is 12.0. The van der Waals surface area contributed by atoms with Gasteiger partial charge in [0.2, 0.25) is 5.78 Å². The van der Waals surface area contributed by atoms with E-state index < -0.39 is 0 Å². The number of benzene rings is 1. The van der Waals surface area contributed by atoms with E-state index in [9.17, 15) is 4.79 Å². The van der Waals surface area contributed by atoms with Gasteiger partial charge in [0.15, 0.2) is 0 Å². The van der Waals surface area contributed by atoms with E-state index in [1.54, 1.807) is 24.4 Å². The third-order valence-electron chi connectivity index (χ3n) is 2.39.